The number of nitrogens with zero attached hydrogens (tertiary/aromatic N) is 2. The van der Waals surface area contributed by atoms with Crippen LogP contribution in [0.25, 0.3) is 0 Å². The van der Waals surface area contributed by atoms with Crippen LogP contribution in [0.4, 0.5) is 4.79 Å². The third-order valence-corrected chi connectivity index (χ3v) is 4.75. The van der Waals surface area contributed by atoms with Gasteiger partial charge in [-0.2, -0.15) is 0 Å². The van der Waals surface area contributed by atoms with E-state index in [0.29, 0.717) is 25.2 Å². The zero-order valence-electron chi connectivity index (χ0n) is 14.0. The molecular weight excluding hydrogens is 298 g/mol. The van der Waals surface area contributed by atoms with Crippen LogP contribution in [0.3, 0.4) is 0 Å². The fourth-order valence-electron chi connectivity index (χ4n) is 3.21. The molecule has 7 heteroatoms. The molecule has 1 spiro atoms. The van der Waals surface area contributed by atoms with E-state index in [1.807, 2.05) is 0 Å². The Labute approximate surface area is 137 Å². The summed E-state index contributed by atoms with van der Waals surface area (Å²) in [4.78, 5) is 38.8. The molecule has 3 amide bonds. The summed E-state index contributed by atoms with van der Waals surface area (Å²) >= 11 is 0. The van der Waals surface area contributed by atoms with Crippen molar-refractivity contribution in [2.45, 2.75) is 51.5 Å². The number of piperidine rings is 1. The molecule has 23 heavy (non-hydrogen) atoms. The topological polar surface area (TPSA) is 90.0 Å². The van der Waals surface area contributed by atoms with Gasteiger partial charge in [-0.25, -0.2) is 4.79 Å². The van der Waals surface area contributed by atoms with E-state index in [0.717, 1.165) is 26.1 Å². The SMILES string of the molecule is CC(C)CCN1CCC2(CC1)NC(=O)N(CCCC(=O)O)C2=O. The minimum atomic E-state index is -0.912. The van der Waals surface area contributed by atoms with Gasteiger partial charge in [-0.3, -0.25) is 14.5 Å². The predicted octanol–water partition coefficient (Wildman–Crippen LogP) is 1.28. The summed E-state index contributed by atoms with van der Waals surface area (Å²) in [6, 6.07) is -0.379. The number of hydrogen-bond acceptors (Lipinski definition) is 4. The first-order valence-electron chi connectivity index (χ1n) is 8.42. The molecule has 0 aromatic heterocycles. The number of carbonyl (C=O) groups is 3. The number of amides is 3. The molecule has 130 valence electrons. The van der Waals surface area contributed by atoms with Gasteiger partial charge in [0.25, 0.3) is 5.91 Å². The lowest BCUT2D eigenvalue weighted by Gasteiger charge is -2.37. The first kappa shape index (κ1) is 17.7. The molecule has 0 aromatic rings. The van der Waals surface area contributed by atoms with Gasteiger partial charge in [0, 0.05) is 26.1 Å². The van der Waals surface area contributed by atoms with Gasteiger partial charge >= 0.3 is 12.0 Å². The van der Waals surface area contributed by atoms with Crippen molar-refractivity contribution in [1.29, 1.82) is 0 Å². The molecule has 0 bridgehead atoms. The summed E-state index contributed by atoms with van der Waals surface area (Å²) in [7, 11) is 0. The molecule has 2 aliphatic rings. The number of nitrogens with one attached hydrogen (secondary N) is 1. The van der Waals surface area contributed by atoms with E-state index in [1.165, 1.54) is 4.90 Å². The van der Waals surface area contributed by atoms with Gasteiger partial charge in [0.05, 0.1) is 0 Å². The third-order valence-electron chi connectivity index (χ3n) is 4.75. The number of aliphatic carboxylic acids is 1. The molecule has 2 heterocycles. The average molecular weight is 325 g/mol. The standard InChI is InChI=1S/C16H27N3O4/c1-12(2)5-9-18-10-6-16(7-11-18)14(22)19(15(23)17-16)8-3-4-13(20)21/h12H,3-11H2,1-2H3,(H,17,23)(H,20,21). The number of likely N-dealkylation sites (tertiary alicyclic amines) is 1. The van der Waals surface area contributed by atoms with Gasteiger partial charge < -0.3 is 15.3 Å². The van der Waals surface area contributed by atoms with E-state index in [1.54, 1.807) is 0 Å². The Balaban J connectivity index is 1.88. The molecule has 0 saturated carbocycles. The Kier molecular flexibility index (Phi) is 5.62. The third kappa shape index (κ3) is 4.22. The quantitative estimate of drug-likeness (QED) is 0.688. The van der Waals surface area contributed by atoms with Crippen LogP contribution in [-0.2, 0) is 9.59 Å². The highest BCUT2D eigenvalue weighted by molar-refractivity contribution is 6.07. The lowest BCUT2D eigenvalue weighted by molar-refractivity contribution is -0.138. The molecule has 2 fully saturated rings. The minimum Gasteiger partial charge on any atom is -0.481 e. The van der Waals surface area contributed by atoms with Crippen molar-refractivity contribution in [3.05, 3.63) is 0 Å². The van der Waals surface area contributed by atoms with Crippen molar-refractivity contribution in [2.75, 3.05) is 26.2 Å². The van der Waals surface area contributed by atoms with Crippen molar-refractivity contribution in [3.8, 4) is 0 Å². The molecule has 0 unspecified atom stereocenters. The minimum absolute atomic E-state index is 0.0347. The fourth-order valence-corrected chi connectivity index (χ4v) is 3.21. The second kappa shape index (κ2) is 7.29. The summed E-state index contributed by atoms with van der Waals surface area (Å²) in [6.45, 7) is 7.21. The van der Waals surface area contributed by atoms with Crippen LogP contribution in [0.15, 0.2) is 0 Å². The Morgan fingerprint density at radius 1 is 1.26 bits per heavy atom. The molecule has 7 nitrogen and oxygen atoms in total. The van der Waals surface area contributed by atoms with Gasteiger partial charge in [-0.15, -0.1) is 0 Å². The second-order valence-electron chi connectivity index (χ2n) is 6.99. The van der Waals surface area contributed by atoms with Crippen LogP contribution in [0.2, 0.25) is 0 Å². The first-order valence-corrected chi connectivity index (χ1v) is 8.42. The van der Waals surface area contributed by atoms with Gasteiger partial charge in [0.2, 0.25) is 0 Å². The lowest BCUT2D eigenvalue weighted by Crippen LogP contribution is -2.55. The van der Waals surface area contributed by atoms with Crippen LogP contribution in [0.5, 0.6) is 0 Å². The van der Waals surface area contributed by atoms with Gasteiger partial charge in [0.15, 0.2) is 0 Å². The number of rotatable bonds is 7. The van der Waals surface area contributed by atoms with E-state index in [-0.39, 0.29) is 24.9 Å². The van der Waals surface area contributed by atoms with E-state index >= 15 is 0 Å². The highest BCUT2D eigenvalue weighted by atomic mass is 16.4. The van der Waals surface area contributed by atoms with Gasteiger partial charge in [0.1, 0.15) is 5.54 Å². The zero-order chi connectivity index (χ0) is 17.0. The number of hydrogen-bond donors (Lipinski definition) is 2. The van der Waals surface area contributed by atoms with E-state index in [4.69, 9.17) is 5.11 Å². The number of urea groups is 1. The highest BCUT2D eigenvalue weighted by Crippen LogP contribution is 2.29. The molecular formula is C16H27N3O4. The van der Waals surface area contributed by atoms with Crippen molar-refractivity contribution in [2.24, 2.45) is 5.92 Å². The van der Waals surface area contributed by atoms with E-state index < -0.39 is 11.5 Å². The van der Waals surface area contributed by atoms with Gasteiger partial charge in [-0.05, 0) is 38.1 Å². The van der Waals surface area contributed by atoms with E-state index in [2.05, 4.69) is 24.1 Å². The molecule has 2 aliphatic heterocycles. The van der Waals surface area contributed by atoms with Crippen molar-refractivity contribution >= 4 is 17.9 Å². The Morgan fingerprint density at radius 2 is 1.91 bits per heavy atom. The Morgan fingerprint density at radius 3 is 2.48 bits per heavy atom. The molecule has 0 radical (unpaired) electrons. The highest BCUT2D eigenvalue weighted by Gasteiger charge is 2.51. The van der Waals surface area contributed by atoms with Crippen LogP contribution < -0.4 is 5.32 Å². The second-order valence-corrected chi connectivity index (χ2v) is 6.99. The number of carbonyl (C=O) groups excluding carboxylic acids is 2. The van der Waals surface area contributed by atoms with Crippen LogP contribution >= 0.6 is 0 Å². The summed E-state index contributed by atoms with van der Waals surface area (Å²) in [5.41, 5.74) is -0.769. The van der Waals surface area contributed by atoms with Crippen LogP contribution in [-0.4, -0.2) is 64.5 Å². The van der Waals surface area contributed by atoms with Crippen molar-refractivity contribution in [1.82, 2.24) is 15.1 Å². The van der Waals surface area contributed by atoms with Crippen LogP contribution in [0, 0.1) is 5.92 Å². The molecule has 2 saturated heterocycles. The predicted molar refractivity (Wildman–Crippen MR) is 85.0 cm³/mol. The molecule has 0 atom stereocenters. The number of carboxylic acid groups (broad SMARTS) is 1. The van der Waals surface area contributed by atoms with Crippen molar-refractivity contribution in [3.63, 3.8) is 0 Å². The maximum Gasteiger partial charge on any atom is 0.325 e. The normalized spacial score (nSPS) is 21.3. The van der Waals surface area contributed by atoms with Crippen LogP contribution in [0.1, 0.15) is 46.0 Å². The lowest BCUT2D eigenvalue weighted by atomic mass is 9.87. The summed E-state index contributed by atoms with van der Waals surface area (Å²) in [5, 5.41) is 11.5. The average Bonchev–Trinajstić information content (AvgIpc) is 2.70. The van der Waals surface area contributed by atoms with Gasteiger partial charge in [-0.1, -0.05) is 13.8 Å². The summed E-state index contributed by atoms with van der Waals surface area (Å²) < 4.78 is 0. The monoisotopic (exact) mass is 325 g/mol. The molecule has 0 aromatic carbocycles. The Bertz CT molecular complexity index is 470. The van der Waals surface area contributed by atoms with Crippen molar-refractivity contribution < 1.29 is 19.5 Å². The molecule has 2 rings (SSSR count). The number of carboxylic acids is 1. The maximum absolute atomic E-state index is 12.6. The first-order chi connectivity index (χ1) is 10.8. The Hall–Kier alpha value is -1.63. The van der Waals surface area contributed by atoms with E-state index in [9.17, 15) is 14.4 Å². The summed E-state index contributed by atoms with van der Waals surface area (Å²) in [5.74, 6) is -0.440. The number of imide groups is 1. The molecule has 2 N–H and O–H groups in total. The summed E-state index contributed by atoms with van der Waals surface area (Å²) in [6.07, 6.45) is 2.66. The fraction of sp³-hybridized carbons (Fsp3) is 0.812. The molecule has 0 aliphatic carbocycles. The smallest absolute Gasteiger partial charge is 0.325 e. The zero-order valence-corrected chi connectivity index (χ0v) is 14.0. The maximum atomic E-state index is 12.6. The largest absolute Gasteiger partial charge is 0.481 e.